The molecule has 0 saturated carbocycles. The summed E-state index contributed by atoms with van der Waals surface area (Å²) in [7, 11) is 3.94. The number of nitrogens with zero attached hydrogens (tertiary/aromatic N) is 2. The van der Waals surface area contributed by atoms with E-state index in [1.165, 1.54) is 0 Å². The van der Waals surface area contributed by atoms with Gasteiger partial charge in [0.05, 0.1) is 18.2 Å². The molecule has 1 atom stereocenters. The molecule has 6 nitrogen and oxygen atoms in total. The van der Waals surface area contributed by atoms with Crippen LogP contribution in [0.3, 0.4) is 0 Å². The quantitative estimate of drug-likeness (QED) is 0.292. The van der Waals surface area contributed by atoms with E-state index in [1.807, 2.05) is 57.1 Å². The van der Waals surface area contributed by atoms with Crippen LogP contribution in [-0.2, 0) is 9.59 Å². The lowest BCUT2D eigenvalue weighted by Gasteiger charge is -2.26. The third kappa shape index (κ3) is 5.65. The molecule has 0 bridgehead atoms. The van der Waals surface area contributed by atoms with Crippen LogP contribution >= 0.6 is 15.9 Å². The molecule has 1 fully saturated rings. The van der Waals surface area contributed by atoms with Gasteiger partial charge in [0.15, 0.2) is 0 Å². The number of amides is 1. The highest BCUT2D eigenvalue weighted by atomic mass is 79.9. The Kier molecular flexibility index (Phi) is 8.32. The van der Waals surface area contributed by atoms with E-state index in [0.29, 0.717) is 18.7 Å². The molecule has 0 radical (unpaired) electrons. The number of aliphatic hydroxyl groups is 1. The van der Waals surface area contributed by atoms with Crippen LogP contribution < -0.4 is 4.74 Å². The molecule has 1 amide bonds. The minimum Gasteiger partial charge on any atom is -0.507 e. The number of carbonyl (C=O) groups is 2. The van der Waals surface area contributed by atoms with Gasteiger partial charge in [-0.1, -0.05) is 35.0 Å². The van der Waals surface area contributed by atoms with Crippen molar-refractivity contribution in [2.24, 2.45) is 0 Å². The molecule has 1 aliphatic rings. The van der Waals surface area contributed by atoms with Crippen molar-refractivity contribution in [3.05, 3.63) is 69.2 Å². The van der Waals surface area contributed by atoms with E-state index in [9.17, 15) is 14.7 Å². The Hall–Kier alpha value is -2.64. The Bertz CT molecular complexity index is 1050. The average molecular weight is 515 g/mol. The van der Waals surface area contributed by atoms with Crippen LogP contribution in [0.5, 0.6) is 5.75 Å². The number of carbonyl (C=O) groups excluding carboxylic acids is 2. The standard InChI is InChI=1S/C26H31BrN2O4/c1-5-15-33-21-12-9-19(16-17(21)2)24(30)22-23(18-7-10-20(27)11-8-18)29(26(32)25(22)31)14-6-13-28(3)4/h7-12,16,23,30H,5-6,13-15H2,1-4H3/b24-22+. The predicted octanol–water partition coefficient (Wildman–Crippen LogP) is 4.92. The number of aryl methyl sites for hydroxylation is 1. The van der Waals surface area contributed by atoms with Gasteiger partial charge in [0.2, 0.25) is 0 Å². The molecule has 0 aliphatic carbocycles. The van der Waals surface area contributed by atoms with Crippen molar-refractivity contribution in [2.75, 3.05) is 33.8 Å². The lowest BCUT2D eigenvalue weighted by Crippen LogP contribution is -2.32. The molecule has 33 heavy (non-hydrogen) atoms. The highest BCUT2D eigenvalue weighted by molar-refractivity contribution is 9.10. The molecular weight excluding hydrogens is 484 g/mol. The fraction of sp³-hybridized carbons (Fsp3) is 0.385. The third-order valence-corrected chi connectivity index (χ3v) is 6.17. The number of halogens is 1. The van der Waals surface area contributed by atoms with Crippen molar-refractivity contribution < 1.29 is 19.4 Å². The van der Waals surface area contributed by atoms with Crippen LogP contribution in [-0.4, -0.2) is 60.4 Å². The molecule has 1 unspecified atom stereocenters. The molecular formula is C26H31BrN2O4. The molecule has 1 saturated heterocycles. The number of likely N-dealkylation sites (tertiary alicyclic amines) is 1. The van der Waals surface area contributed by atoms with Gasteiger partial charge in [-0.2, -0.15) is 0 Å². The first-order valence-corrected chi connectivity index (χ1v) is 12.0. The van der Waals surface area contributed by atoms with Crippen LogP contribution in [0, 0.1) is 6.92 Å². The van der Waals surface area contributed by atoms with E-state index in [1.54, 1.807) is 23.1 Å². The molecule has 1 heterocycles. The molecule has 3 rings (SSSR count). The van der Waals surface area contributed by atoms with Gasteiger partial charge >= 0.3 is 0 Å². The summed E-state index contributed by atoms with van der Waals surface area (Å²) in [6, 6.07) is 12.2. The zero-order valence-corrected chi connectivity index (χ0v) is 21.2. The number of benzene rings is 2. The Morgan fingerprint density at radius 3 is 2.45 bits per heavy atom. The number of rotatable bonds is 9. The maximum Gasteiger partial charge on any atom is 0.295 e. The second-order valence-corrected chi connectivity index (χ2v) is 9.45. The van der Waals surface area contributed by atoms with Gasteiger partial charge in [-0.15, -0.1) is 0 Å². The first-order chi connectivity index (χ1) is 15.7. The van der Waals surface area contributed by atoms with E-state index in [2.05, 4.69) is 15.9 Å². The molecule has 0 spiro atoms. The number of ether oxygens (including phenoxy) is 1. The summed E-state index contributed by atoms with van der Waals surface area (Å²) in [5, 5.41) is 11.2. The maximum absolute atomic E-state index is 13.1. The Morgan fingerprint density at radius 2 is 1.85 bits per heavy atom. The molecule has 1 N–H and O–H groups in total. The van der Waals surface area contributed by atoms with Gasteiger partial charge in [0.25, 0.3) is 11.7 Å². The third-order valence-electron chi connectivity index (χ3n) is 5.64. The number of Topliss-reactive ketones (excluding diaryl/α,β-unsaturated/α-hetero) is 1. The number of aliphatic hydroxyl groups excluding tert-OH is 1. The summed E-state index contributed by atoms with van der Waals surface area (Å²) in [6.45, 7) is 5.74. The summed E-state index contributed by atoms with van der Waals surface area (Å²) >= 11 is 3.44. The molecule has 1 aliphatic heterocycles. The van der Waals surface area contributed by atoms with Crippen molar-refractivity contribution in [1.29, 1.82) is 0 Å². The van der Waals surface area contributed by atoms with Crippen LogP contribution in [0.25, 0.3) is 5.76 Å². The van der Waals surface area contributed by atoms with Crippen molar-refractivity contribution in [3.63, 3.8) is 0 Å². The van der Waals surface area contributed by atoms with Gasteiger partial charge in [0, 0.05) is 16.6 Å². The monoisotopic (exact) mass is 514 g/mol. The van der Waals surface area contributed by atoms with Crippen LogP contribution in [0.4, 0.5) is 0 Å². The molecule has 176 valence electrons. The summed E-state index contributed by atoms with van der Waals surface area (Å²) < 4.78 is 6.63. The SMILES string of the molecule is CCCOc1ccc(/C(O)=C2\C(=O)C(=O)N(CCCN(C)C)C2c2ccc(Br)cc2)cc1C. The number of ketones is 1. The first kappa shape index (κ1) is 25.0. The number of hydrogen-bond donors (Lipinski definition) is 1. The van der Waals surface area contributed by atoms with Crippen LogP contribution in [0.15, 0.2) is 52.5 Å². The van der Waals surface area contributed by atoms with E-state index < -0.39 is 17.7 Å². The second kappa shape index (κ2) is 11.0. The molecule has 2 aromatic carbocycles. The largest absolute Gasteiger partial charge is 0.507 e. The summed E-state index contributed by atoms with van der Waals surface area (Å²) in [6.07, 6.45) is 1.61. The van der Waals surface area contributed by atoms with Gasteiger partial charge in [0.1, 0.15) is 11.5 Å². The van der Waals surface area contributed by atoms with E-state index in [-0.39, 0.29) is 11.3 Å². The fourth-order valence-corrected chi connectivity index (χ4v) is 4.25. The summed E-state index contributed by atoms with van der Waals surface area (Å²) in [5.41, 5.74) is 2.25. The Morgan fingerprint density at radius 1 is 1.15 bits per heavy atom. The highest BCUT2D eigenvalue weighted by Gasteiger charge is 2.45. The summed E-state index contributed by atoms with van der Waals surface area (Å²) in [4.78, 5) is 29.7. The normalized spacial score (nSPS) is 17.8. The predicted molar refractivity (Wildman–Crippen MR) is 133 cm³/mol. The lowest BCUT2D eigenvalue weighted by molar-refractivity contribution is -0.139. The van der Waals surface area contributed by atoms with Gasteiger partial charge in [-0.3, -0.25) is 9.59 Å². The second-order valence-electron chi connectivity index (χ2n) is 8.53. The van der Waals surface area contributed by atoms with E-state index in [0.717, 1.165) is 40.7 Å². The Labute approximate surface area is 204 Å². The van der Waals surface area contributed by atoms with E-state index in [4.69, 9.17) is 4.74 Å². The van der Waals surface area contributed by atoms with Crippen molar-refractivity contribution in [1.82, 2.24) is 9.80 Å². The maximum atomic E-state index is 13.1. The topological polar surface area (TPSA) is 70.1 Å². The van der Waals surface area contributed by atoms with E-state index >= 15 is 0 Å². The number of hydrogen-bond acceptors (Lipinski definition) is 5. The molecule has 0 aromatic heterocycles. The van der Waals surface area contributed by atoms with Gasteiger partial charge < -0.3 is 19.6 Å². The zero-order valence-electron chi connectivity index (χ0n) is 19.6. The minimum absolute atomic E-state index is 0.119. The van der Waals surface area contributed by atoms with Crippen molar-refractivity contribution in [3.8, 4) is 5.75 Å². The lowest BCUT2D eigenvalue weighted by atomic mass is 9.94. The fourth-order valence-electron chi connectivity index (χ4n) is 3.99. The molecule has 2 aromatic rings. The van der Waals surface area contributed by atoms with Crippen LogP contribution in [0.2, 0.25) is 0 Å². The smallest absolute Gasteiger partial charge is 0.295 e. The minimum atomic E-state index is -0.658. The van der Waals surface area contributed by atoms with Gasteiger partial charge in [-0.05, 0) is 81.9 Å². The first-order valence-electron chi connectivity index (χ1n) is 11.2. The molecule has 7 heteroatoms. The average Bonchev–Trinajstić information content (AvgIpc) is 3.03. The van der Waals surface area contributed by atoms with Gasteiger partial charge in [-0.25, -0.2) is 0 Å². The van der Waals surface area contributed by atoms with Crippen LogP contribution in [0.1, 0.15) is 42.5 Å². The highest BCUT2D eigenvalue weighted by Crippen LogP contribution is 2.40. The zero-order chi connectivity index (χ0) is 24.1. The van der Waals surface area contributed by atoms with Crippen molar-refractivity contribution >= 4 is 33.4 Å². The van der Waals surface area contributed by atoms with Crippen molar-refractivity contribution in [2.45, 2.75) is 32.7 Å². The Balaban J connectivity index is 2.05. The summed E-state index contributed by atoms with van der Waals surface area (Å²) in [5.74, 6) is -0.666.